The van der Waals surface area contributed by atoms with Crippen LogP contribution in [-0.2, 0) is 38.0 Å². The second-order valence-corrected chi connectivity index (χ2v) is 6.94. The third-order valence-corrected chi connectivity index (χ3v) is 4.14. The summed E-state index contributed by atoms with van der Waals surface area (Å²) in [6.45, 7) is 7.61. The standard InChI is InChI=1S/C22H42O9/c1-2-3-4-7-10-26-11-12-27-13-14-28-15-16-29-17-18-30-19-20-31-22(25)9-6-5-8-21(23)24/h2-20H2,1H3,(H,23,24). The molecular formula is C22H42O9. The van der Waals surface area contributed by atoms with Crippen molar-refractivity contribution in [2.45, 2.75) is 58.3 Å². The number of carboxylic acids is 1. The summed E-state index contributed by atoms with van der Waals surface area (Å²) < 4.78 is 32.0. The van der Waals surface area contributed by atoms with Crippen LogP contribution in [0, 0.1) is 0 Å². The van der Waals surface area contributed by atoms with Gasteiger partial charge in [-0.2, -0.15) is 0 Å². The van der Waals surface area contributed by atoms with Gasteiger partial charge >= 0.3 is 11.9 Å². The van der Waals surface area contributed by atoms with Gasteiger partial charge in [-0.05, 0) is 19.3 Å². The van der Waals surface area contributed by atoms with E-state index in [0.717, 1.165) is 13.0 Å². The summed E-state index contributed by atoms with van der Waals surface area (Å²) in [5.41, 5.74) is 0. The zero-order valence-electron chi connectivity index (χ0n) is 19.1. The number of esters is 1. The van der Waals surface area contributed by atoms with Crippen molar-refractivity contribution in [3.05, 3.63) is 0 Å². The van der Waals surface area contributed by atoms with E-state index >= 15 is 0 Å². The van der Waals surface area contributed by atoms with Gasteiger partial charge in [0.1, 0.15) is 6.61 Å². The lowest BCUT2D eigenvalue weighted by atomic mass is 10.2. The van der Waals surface area contributed by atoms with E-state index in [9.17, 15) is 9.59 Å². The van der Waals surface area contributed by atoms with Gasteiger partial charge in [0.25, 0.3) is 0 Å². The summed E-state index contributed by atoms with van der Waals surface area (Å²) in [4.78, 5) is 21.8. The van der Waals surface area contributed by atoms with Crippen molar-refractivity contribution >= 4 is 11.9 Å². The number of rotatable bonds is 25. The smallest absolute Gasteiger partial charge is 0.305 e. The van der Waals surface area contributed by atoms with Crippen LogP contribution in [0.4, 0.5) is 0 Å². The van der Waals surface area contributed by atoms with E-state index in [1.54, 1.807) is 0 Å². The fraction of sp³-hybridized carbons (Fsp3) is 0.909. The molecule has 0 fully saturated rings. The van der Waals surface area contributed by atoms with E-state index in [0.29, 0.717) is 72.3 Å². The Hall–Kier alpha value is -1.26. The molecule has 0 rings (SSSR count). The molecule has 0 unspecified atom stereocenters. The molecule has 9 nitrogen and oxygen atoms in total. The lowest BCUT2D eigenvalue weighted by molar-refractivity contribution is -0.146. The van der Waals surface area contributed by atoms with Gasteiger partial charge in [0.2, 0.25) is 0 Å². The fourth-order valence-corrected chi connectivity index (χ4v) is 2.44. The maximum atomic E-state index is 11.4. The topological polar surface area (TPSA) is 110 Å². The van der Waals surface area contributed by atoms with Crippen LogP contribution in [0.5, 0.6) is 0 Å². The second kappa shape index (κ2) is 25.0. The highest BCUT2D eigenvalue weighted by atomic mass is 16.6. The van der Waals surface area contributed by atoms with Crippen LogP contribution in [-0.4, -0.2) is 89.7 Å². The van der Waals surface area contributed by atoms with Crippen molar-refractivity contribution in [2.24, 2.45) is 0 Å². The predicted molar refractivity (Wildman–Crippen MR) is 115 cm³/mol. The first-order chi connectivity index (χ1) is 15.2. The molecule has 0 spiro atoms. The first kappa shape index (κ1) is 29.7. The van der Waals surface area contributed by atoms with Crippen LogP contribution in [0.2, 0.25) is 0 Å². The SMILES string of the molecule is CCCCCCOCCOCCOCCOCCOCCOC(=O)CCCCC(=O)O. The highest BCUT2D eigenvalue weighted by Gasteiger charge is 2.04. The van der Waals surface area contributed by atoms with Crippen molar-refractivity contribution in [1.29, 1.82) is 0 Å². The molecule has 0 aliphatic heterocycles. The van der Waals surface area contributed by atoms with E-state index in [2.05, 4.69) is 6.92 Å². The van der Waals surface area contributed by atoms with E-state index in [1.165, 1.54) is 19.3 Å². The molecular weight excluding hydrogens is 408 g/mol. The molecule has 0 radical (unpaired) electrons. The average Bonchev–Trinajstić information content (AvgIpc) is 2.75. The van der Waals surface area contributed by atoms with Crippen LogP contribution >= 0.6 is 0 Å². The number of ether oxygens (including phenoxy) is 6. The van der Waals surface area contributed by atoms with Gasteiger partial charge in [0.15, 0.2) is 0 Å². The third-order valence-electron chi connectivity index (χ3n) is 4.14. The average molecular weight is 451 g/mol. The monoisotopic (exact) mass is 450 g/mol. The molecule has 9 heteroatoms. The van der Waals surface area contributed by atoms with Gasteiger partial charge < -0.3 is 33.5 Å². The second-order valence-electron chi connectivity index (χ2n) is 6.94. The van der Waals surface area contributed by atoms with Gasteiger partial charge in [-0.25, -0.2) is 0 Å². The van der Waals surface area contributed by atoms with E-state index < -0.39 is 5.97 Å². The molecule has 0 aromatic heterocycles. The van der Waals surface area contributed by atoms with E-state index in [1.807, 2.05) is 0 Å². The zero-order chi connectivity index (χ0) is 22.8. The lowest BCUT2D eigenvalue weighted by Crippen LogP contribution is -2.15. The molecule has 0 aliphatic rings. The Balaban J connectivity index is 3.10. The number of carbonyl (C=O) groups is 2. The minimum absolute atomic E-state index is 0.0734. The van der Waals surface area contributed by atoms with Gasteiger partial charge in [0, 0.05) is 19.4 Å². The molecule has 0 aromatic rings. The van der Waals surface area contributed by atoms with Crippen LogP contribution < -0.4 is 0 Å². The molecule has 0 heterocycles. The largest absolute Gasteiger partial charge is 0.481 e. The van der Waals surface area contributed by atoms with E-state index in [-0.39, 0.29) is 25.4 Å². The summed E-state index contributed by atoms with van der Waals surface area (Å²) in [5, 5.41) is 8.50. The summed E-state index contributed by atoms with van der Waals surface area (Å²) >= 11 is 0. The Morgan fingerprint density at radius 3 is 1.48 bits per heavy atom. The predicted octanol–water partition coefficient (Wildman–Crippen LogP) is 2.84. The first-order valence-corrected chi connectivity index (χ1v) is 11.4. The van der Waals surface area contributed by atoms with Crippen LogP contribution in [0.25, 0.3) is 0 Å². The normalized spacial score (nSPS) is 11.0. The first-order valence-electron chi connectivity index (χ1n) is 11.4. The molecule has 0 aromatic carbocycles. The molecule has 0 aliphatic carbocycles. The third kappa shape index (κ3) is 26.7. The van der Waals surface area contributed by atoms with Crippen molar-refractivity contribution in [3.8, 4) is 0 Å². The quantitative estimate of drug-likeness (QED) is 0.166. The Morgan fingerprint density at radius 2 is 1.00 bits per heavy atom. The number of carboxylic acid groups (broad SMARTS) is 1. The Labute approximate surface area is 186 Å². The molecule has 0 saturated carbocycles. The minimum Gasteiger partial charge on any atom is -0.481 e. The summed E-state index contributed by atoms with van der Waals surface area (Å²) in [6.07, 6.45) is 6.15. The molecule has 0 bridgehead atoms. The maximum Gasteiger partial charge on any atom is 0.305 e. The highest BCUT2D eigenvalue weighted by Crippen LogP contribution is 2.01. The van der Waals surface area contributed by atoms with Gasteiger partial charge in [-0.1, -0.05) is 26.2 Å². The maximum absolute atomic E-state index is 11.4. The fourth-order valence-electron chi connectivity index (χ4n) is 2.44. The van der Waals surface area contributed by atoms with Gasteiger partial charge in [-0.15, -0.1) is 0 Å². The van der Waals surface area contributed by atoms with Crippen molar-refractivity contribution < 1.29 is 43.1 Å². The number of hydrogen-bond donors (Lipinski definition) is 1. The molecule has 31 heavy (non-hydrogen) atoms. The minimum atomic E-state index is -0.853. The number of aliphatic carboxylic acids is 1. The van der Waals surface area contributed by atoms with Gasteiger partial charge in [-0.3, -0.25) is 9.59 Å². The lowest BCUT2D eigenvalue weighted by Gasteiger charge is -2.08. The molecule has 0 atom stereocenters. The Bertz CT molecular complexity index is 404. The van der Waals surface area contributed by atoms with Crippen molar-refractivity contribution in [3.63, 3.8) is 0 Å². The van der Waals surface area contributed by atoms with Gasteiger partial charge in [0.05, 0.1) is 59.5 Å². The van der Waals surface area contributed by atoms with Crippen molar-refractivity contribution in [2.75, 3.05) is 72.7 Å². The molecule has 0 saturated heterocycles. The highest BCUT2D eigenvalue weighted by molar-refractivity contribution is 5.69. The Morgan fingerprint density at radius 1 is 0.548 bits per heavy atom. The van der Waals surface area contributed by atoms with Crippen molar-refractivity contribution in [1.82, 2.24) is 0 Å². The summed E-state index contributed by atoms with van der Waals surface area (Å²) in [5.74, 6) is -1.18. The number of carbonyl (C=O) groups excluding carboxylic acids is 1. The van der Waals surface area contributed by atoms with E-state index in [4.69, 9.17) is 33.5 Å². The molecule has 1 N–H and O–H groups in total. The van der Waals surface area contributed by atoms with Crippen LogP contribution in [0.15, 0.2) is 0 Å². The Kier molecular flexibility index (Phi) is 24.0. The van der Waals surface area contributed by atoms with Crippen LogP contribution in [0.1, 0.15) is 58.3 Å². The summed E-state index contributed by atoms with van der Waals surface area (Å²) in [6, 6.07) is 0. The molecule has 0 amide bonds. The number of hydrogen-bond acceptors (Lipinski definition) is 8. The molecule has 184 valence electrons. The number of unbranched alkanes of at least 4 members (excludes halogenated alkanes) is 4. The summed E-state index contributed by atoms with van der Waals surface area (Å²) in [7, 11) is 0. The zero-order valence-corrected chi connectivity index (χ0v) is 19.1. The van der Waals surface area contributed by atoms with Crippen LogP contribution in [0.3, 0.4) is 0 Å².